The van der Waals surface area contributed by atoms with E-state index in [1.807, 2.05) is 42.5 Å². The molecule has 21 heavy (non-hydrogen) atoms. The van der Waals surface area contributed by atoms with Crippen LogP contribution in [0, 0.1) is 0 Å². The summed E-state index contributed by atoms with van der Waals surface area (Å²) in [5.41, 5.74) is 3.26. The van der Waals surface area contributed by atoms with Gasteiger partial charge >= 0.3 is 6.03 Å². The maximum atomic E-state index is 11.9. The molecule has 6 heteroatoms. The van der Waals surface area contributed by atoms with Crippen LogP contribution >= 0.6 is 0 Å². The summed E-state index contributed by atoms with van der Waals surface area (Å²) < 4.78 is 0. The van der Waals surface area contributed by atoms with E-state index in [0.717, 1.165) is 21.3 Å². The van der Waals surface area contributed by atoms with E-state index in [2.05, 4.69) is 10.7 Å². The molecule has 2 aromatic carbocycles. The number of rotatable bonds is 3. The molecule has 1 saturated heterocycles. The summed E-state index contributed by atoms with van der Waals surface area (Å²) >= 11 is 0. The van der Waals surface area contributed by atoms with E-state index >= 15 is 0 Å². The summed E-state index contributed by atoms with van der Waals surface area (Å²) in [4.78, 5) is 34.3. The lowest BCUT2D eigenvalue weighted by molar-refractivity contribution is -0.124. The number of hydrogen-bond acceptors (Lipinski definition) is 3. The molecule has 0 spiro atoms. The lowest BCUT2D eigenvalue weighted by Gasteiger charge is -2.14. The van der Waals surface area contributed by atoms with Gasteiger partial charge in [-0.25, -0.2) is 9.80 Å². The number of carbonyl (C=O) groups excluding carboxylic acids is 3. The SMILES string of the molecule is O=C1CN(NC(=O)Cc2ccc3ccccc3c2)C(=O)N1. The molecular weight excluding hydrogens is 270 g/mol. The van der Waals surface area contributed by atoms with Gasteiger partial charge in [0, 0.05) is 0 Å². The van der Waals surface area contributed by atoms with Crippen LogP contribution in [0.4, 0.5) is 4.79 Å². The summed E-state index contributed by atoms with van der Waals surface area (Å²) in [5, 5.41) is 5.23. The van der Waals surface area contributed by atoms with Crippen molar-refractivity contribution in [2.45, 2.75) is 6.42 Å². The number of nitrogens with zero attached hydrogens (tertiary/aromatic N) is 1. The summed E-state index contributed by atoms with van der Waals surface area (Å²) in [7, 11) is 0. The van der Waals surface area contributed by atoms with Crippen molar-refractivity contribution in [2.24, 2.45) is 0 Å². The number of hydrogen-bond donors (Lipinski definition) is 2. The lowest BCUT2D eigenvalue weighted by Crippen LogP contribution is -2.44. The van der Waals surface area contributed by atoms with E-state index in [0.29, 0.717) is 0 Å². The van der Waals surface area contributed by atoms with E-state index in [-0.39, 0.29) is 18.9 Å². The Kier molecular flexibility index (Phi) is 3.27. The second-order valence-electron chi connectivity index (χ2n) is 4.83. The average molecular weight is 283 g/mol. The monoisotopic (exact) mass is 283 g/mol. The van der Waals surface area contributed by atoms with Crippen molar-refractivity contribution in [3.05, 3.63) is 48.0 Å². The Labute approximate surface area is 120 Å². The molecule has 2 N–H and O–H groups in total. The van der Waals surface area contributed by atoms with Gasteiger partial charge in [-0.3, -0.25) is 20.3 Å². The third kappa shape index (κ3) is 2.84. The highest BCUT2D eigenvalue weighted by molar-refractivity contribution is 6.02. The average Bonchev–Trinajstić information content (AvgIpc) is 2.76. The van der Waals surface area contributed by atoms with Gasteiger partial charge in [0.1, 0.15) is 6.54 Å². The standard InChI is InChI=1S/C15H13N3O3/c19-13(17-18-9-14(20)16-15(18)21)8-10-5-6-11-3-1-2-4-12(11)7-10/h1-7H,8-9H2,(H,17,19)(H,16,20,21). The molecule has 0 radical (unpaired) electrons. The lowest BCUT2D eigenvalue weighted by atomic mass is 10.1. The highest BCUT2D eigenvalue weighted by Crippen LogP contribution is 2.15. The van der Waals surface area contributed by atoms with Gasteiger partial charge in [-0.1, -0.05) is 42.5 Å². The van der Waals surface area contributed by atoms with Crippen molar-refractivity contribution < 1.29 is 14.4 Å². The molecule has 106 valence electrons. The van der Waals surface area contributed by atoms with Gasteiger partial charge in [0.15, 0.2) is 0 Å². The number of hydrazine groups is 1. The van der Waals surface area contributed by atoms with Gasteiger partial charge < -0.3 is 0 Å². The minimum absolute atomic E-state index is 0.142. The van der Waals surface area contributed by atoms with Crippen molar-refractivity contribution in [2.75, 3.05) is 6.54 Å². The van der Waals surface area contributed by atoms with Crippen LogP contribution in [0.15, 0.2) is 42.5 Å². The number of amides is 4. The minimum Gasteiger partial charge on any atom is -0.275 e. The summed E-state index contributed by atoms with van der Waals surface area (Å²) in [6, 6.07) is 13.0. The predicted molar refractivity (Wildman–Crippen MR) is 76.0 cm³/mol. The van der Waals surface area contributed by atoms with Crippen LogP contribution in [0.3, 0.4) is 0 Å². The van der Waals surface area contributed by atoms with E-state index in [1.165, 1.54) is 0 Å². The Balaban J connectivity index is 1.68. The molecule has 1 aliphatic rings. The van der Waals surface area contributed by atoms with Gasteiger partial charge in [0.25, 0.3) is 0 Å². The zero-order chi connectivity index (χ0) is 14.8. The normalized spacial score (nSPS) is 14.4. The van der Waals surface area contributed by atoms with E-state index in [4.69, 9.17) is 0 Å². The number of nitrogens with one attached hydrogen (secondary N) is 2. The third-order valence-corrected chi connectivity index (χ3v) is 3.23. The van der Waals surface area contributed by atoms with E-state index in [1.54, 1.807) is 0 Å². The fraction of sp³-hybridized carbons (Fsp3) is 0.133. The molecule has 4 amide bonds. The largest absolute Gasteiger partial charge is 0.343 e. The van der Waals surface area contributed by atoms with Gasteiger partial charge in [-0.05, 0) is 16.3 Å². The highest BCUT2D eigenvalue weighted by atomic mass is 16.2. The Morgan fingerprint density at radius 1 is 1.14 bits per heavy atom. The summed E-state index contributed by atoms with van der Waals surface area (Å²) in [6.45, 7) is -0.151. The Bertz CT molecular complexity index is 742. The smallest absolute Gasteiger partial charge is 0.275 e. The number of benzene rings is 2. The van der Waals surface area contributed by atoms with Gasteiger partial charge in [0.05, 0.1) is 6.42 Å². The fourth-order valence-electron chi connectivity index (χ4n) is 2.26. The van der Waals surface area contributed by atoms with Crippen molar-refractivity contribution in [1.82, 2.24) is 15.8 Å². The molecule has 1 aliphatic heterocycles. The van der Waals surface area contributed by atoms with Crippen molar-refractivity contribution in [3.63, 3.8) is 0 Å². The van der Waals surface area contributed by atoms with Crippen LogP contribution in [-0.4, -0.2) is 29.4 Å². The van der Waals surface area contributed by atoms with Crippen LogP contribution in [0.1, 0.15) is 5.56 Å². The molecule has 0 atom stereocenters. The second-order valence-corrected chi connectivity index (χ2v) is 4.83. The first-order valence-electron chi connectivity index (χ1n) is 6.50. The molecule has 6 nitrogen and oxygen atoms in total. The summed E-state index contributed by atoms with van der Waals surface area (Å²) in [6.07, 6.45) is 0.142. The molecule has 2 aromatic rings. The van der Waals surface area contributed by atoms with Crippen LogP contribution in [-0.2, 0) is 16.0 Å². The maximum Gasteiger partial charge on any atom is 0.343 e. The first-order chi connectivity index (χ1) is 10.1. The predicted octanol–water partition coefficient (Wildman–Crippen LogP) is 0.965. The molecule has 0 unspecified atom stereocenters. The van der Waals surface area contributed by atoms with Gasteiger partial charge in [-0.2, -0.15) is 0 Å². The van der Waals surface area contributed by atoms with Crippen molar-refractivity contribution in [3.8, 4) is 0 Å². The number of fused-ring (bicyclic) bond motifs is 1. The zero-order valence-corrected chi connectivity index (χ0v) is 11.1. The Morgan fingerprint density at radius 3 is 2.62 bits per heavy atom. The van der Waals surface area contributed by atoms with Crippen LogP contribution in [0.5, 0.6) is 0 Å². The maximum absolute atomic E-state index is 11.9. The van der Waals surface area contributed by atoms with E-state index in [9.17, 15) is 14.4 Å². The van der Waals surface area contributed by atoms with Crippen LogP contribution < -0.4 is 10.7 Å². The quantitative estimate of drug-likeness (QED) is 0.824. The molecule has 3 rings (SSSR count). The fourth-order valence-corrected chi connectivity index (χ4v) is 2.26. The minimum atomic E-state index is -0.605. The van der Waals surface area contributed by atoms with Gasteiger partial charge in [-0.15, -0.1) is 0 Å². The first kappa shape index (κ1) is 13.1. The third-order valence-electron chi connectivity index (χ3n) is 3.23. The van der Waals surface area contributed by atoms with E-state index < -0.39 is 11.9 Å². The van der Waals surface area contributed by atoms with Crippen LogP contribution in [0.25, 0.3) is 10.8 Å². The Hall–Kier alpha value is -2.89. The molecule has 1 heterocycles. The topological polar surface area (TPSA) is 78.5 Å². The van der Waals surface area contributed by atoms with Gasteiger partial charge in [0.2, 0.25) is 11.8 Å². The Morgan fingerprint density at radius 2 is 1.90 bits per heavy atom. The molecular formula is C15H13N3O3. The second kappa shape index (κ2) is 5.24. The molecule has 0 saturated carbocycles. The van der Waals surface area contributed by atoms with Crippen molar-refractivity contribution in [1.29, 1.82) is 0 Å². The van der Waals surface area contributed by atoms with Crippen molar-refractivity contribution >= 4 is 28.6 Å². The molecule has 0 aliphatic carbocycles. The molecule has 1 fully saturated rings. The highest BCUT2D eigenvalue weighted by Gasteiger charge is 2.27. The first-order valence-corrected chi connectivity index (χ1v) is 6.50. The molecule has 0 aromatic heterocycles. The number of carbonyl (C=O) groups is 3. The number of urea groups is 1. The summed E-state index contributed by atoms with van der Waals surface area (Å²) in [5.74, 6) is -0.763. The number of imide groups is 1. The zero-order valence-electron chi connectivity index (χ0n) is 11.1. The molecule has 0 bridgehead atoms. The van der Waals surface area contributed by atoms with Crippen LogP contribution in [0.2, 0.25) is 0 Å².